The molecule has 3 aromatic carbocycles. The normalized spacial score (nSPS) is 10.9. The van der Waals surface area contributed by atoms with Gasteiger partial charge in [-0.3, -0.25) is 15.5 Å². The van der Waals surface area contributed by atoms with Crippen molar-refractivity contribution in [2.75, 3.05) is 5.43 Å². The fraction of sp³-hybridized carbons (Fsp3) is 0.0833. The molecule has 7 nitrogen and oxygen atoms in total. The van der Waals surface area contributed by atoms with Crippen molar-refractivity contribution in [1.29, 1.82) is 0 Å². The molecule has 0 bridgehead atoms. The molecule has 4 aromatic rings. The zero-order chi connectivity index (χ0) is 22.3. The maximum atomic E-state index is 10.8. The Hall–Kier alpha value is -4.04. The maximum absolute atomic E-state index is 10.8. The van der Waals surface area contributed by atoms with E-state index < -0.39 is 4.92 Å². The Morgan fingerprint density at radius 1 is 1.06 bits per heavy atom. The average molecular weight is 445 g/mol. The largest absolute Gasteiger partial charge is 0.489 e. The van der Waals surface area contributed by atoms with E-state index >= 15 is 0 Å². The van der Waals surface area contributed by atoms with Gasteiger partial charge in [0.25, 0.3) is 5.69 Å². The Bertz CT molecular complexity index is 1220. The van der Waals surface area contributed by atoms with Crippen molar-refractivity contribution < 1.29 is 9.66 Å². The molecular formula is C24H20N4O3S. The number of rotatable bonds is 8. The van der Waals surface area contributed by atoms with Gasteiger partial charge in [-0.25, -0.2) is 4.98 Å². The van der Waals surface area contributed by atoms with Crippen LogP contribution < -0.4 is 10.2 Å². The first-order valence-corrected chi connectivity index (χ1v) is 10.7. The molecule has 8 heteroatoms. The lowest BCUT2D eigenvalue weighted by Gasteiger charge is -2.06. The zero-order valence-corrected chi connectivity index (χ0v) is 18.1. The Morgan fingerprint density at radius 3 is 2.47 bits per heavy atom. The highest BCUT2D eigenvalue weighted by Gasteiger charge is 2.08. The van der Waals surface area contributed by atoms with Gasteiger partial charge in [0.2, 0.25) is 5.13 Å². The van der Waals surface area contributed by atoms with Crippen LogP contribution in [-0.2, 0) is 6.61 Å². The lowest BCUT2D eigenvalue weighted by atomic mass is 10.1. The van der Waals surface area contributed by atoms with Gasteiger partial charge >= 0.3 is 0 Å². The molecule has 0 aliphatic rings. The summed E-state index contributed by atoms with van der Waals surface area (Å²) < 4.78 is 5.82. The van der Waals surface area contributed by atoms with E-state index in [0.717, 1.165) is 28.1 Å². The van der Waals surface area contributed by atoms with Crippen LogP contribution in [0.4, 0.5) is 10.8 Å². The van der Waals surface area contributed by atoms with Crippen LogP contribution >= 0.6 is 11.3 Å². The number of hydrazone groups is 1. The molecule has 1 N–H and O–H groups in total. The van der Waals surface area contributed by atoms with Crippen LogP contribution in [0, 0.1) is 17.0 Å². The van der Waals surface area contributed by atoms with Crippen molar-refractivity contribution in [3.8, 4) is 17.0 Å². The van der Waals surface area contributed by atoms with Gasteiger partial charge in [0, 0.05) is 23.1 Å². The maximum Gasteiger partial charge on any atom is 0.269 e. The number of aryl methyl sites for hydroxylation is 1. The molecule has 0 saturated carbocycles. The third-order valence-electron chi connectivity index (χ3n) is 4.66. The van der Waals surface area contributed by atoms with Gasteiger partial charge in [-0.15, -0.1) is 11.3 Å². The number of aromatic nitrogens is 1. The van der Waals surface area contributed by atoms with Crippen molar-refractivity contribution in [3.05, 3.63) is 105 Å². The van der Waals surface area contributed by atoms with E-state index in [9.17, 15) is 10.1 Å². The first kappa shape index (κ1) is 21.2. The Balaban J connectivity index is 1.30. The molecule has 160 valence electrons. The molecule has 0 spiro atoms. The number of nitro benzene ring substituents is 1. The second-order valence-electron chi connectivity index (χ2n) is 7.06. The molecule has 4 rings (SSSR count). The lowest BCUT2D eigenvalue weighted by molar-refractivity contribution is -0.384. The van der Waals surface area contributed by atoms with Crippen LogP contribution in [0.15, 0.2) is 83.3 Å². The van der Waals surface area contributed by atoms with E-state index in [1.54, 1.807) is 18.3 Å². The first-order valence-electron chi connectivity index (χ1n) is 9.85. The lowest BCUT2D eigenvalue weighted by Crippen LogP contribution is -1.95. The van der Waals surface area contributed by atoms with E-state index in [0.29, 0.717) is 11.7 Å². The molecule has 0 fully saturated rings. The fourth-order valence-electron chi connectivity index (χ4n) is 2.87. The van der Waals surface area contributed by atoms with Crippen LogP contribution in [-0.4, -0.2) is 16.1 Å². The average Bonchev–Trinajstić information content (AvgIpc) is 3.28. The standard InChI is InChI=1S/C24H20N4O3S/c1-17-2-4-19(5-3-17)15-31-22-12-6-18(7-13-22)14-25-27-24-26-23(16-32-24)20-8-10-21(11-9-20)28(29)30/h2-14,16H,15H2,1H3,(H,26,27)/b25-14+. The third kappa shape index (κ3) is 5.55. The SMILES string of the molecule is Cc1ccc(COc2ccc(/C=N/Nc3nc(-c4ccc([N+](=O)[O-])cc4)cs3)cc2)cc1. The molecule has 1 heterocycles. The van der Waals surface area contributed by atoms with Crippen LogP contribution in [0.1, 0.15) is 16.7 Å². The summed E-state index contributed by atoms with van der Waals surface area (Å²) in [7, 11) is 0. The van der Waals surface area contributed by atoms with Gasteiger partial charge in [-0.05, 0) is 54.4 Å². The Labute approximate surface area is 189 Å². The van der Waals surface area contributed by atoms with Crippen molar-refractivity contribution in [3.63, 3.8) is 0 Å². The minimum absolute atomic E-state index is 0.0542. The molecule has 0 aliphatic carbocycles. The summed E-state index contributed by atoms with van der Waals surface area (Å²) in [5.41, 5.74) is 7.79. The molecule has 1 aromatic heterocycles. The second-order valence-corrected chi connectivity index (χ2v) is 7.91. The van der Waals surface area contributed by atoms with E-state index in [-0.39, 0.29) is 5.69 Å². The monoisotopic (exact) mass is 444 g/mol. The van der Waals surface area contributed by atoms with Crippen LogP contribution in [0.2, 0.25) is 0 Å². The van der Waals surface area contributed by atoms with Crippen molar-refractivity contribution >= 4 is 28.4 Å². The van der Waals surface area contributed by atoms with Crippen LogP contribution in [0.25, 0.3) is 11.3 Å². The van der Waals surface area contributed by atoms with Gasteiger partial charge < -0.3 is 4.74 Å². The topological polar surface area (TPSA) is 89.7 Å². The molecule has 0 saturated heterocycles. The predicted octanol–water partition coefficient (Wildman–Crippen LogP) is 6.05. The summed E-state index contributed by atoms with van der Waals surface area (Å²) in [6.07, 6.45) is 1.71. The fourth-order valence-corrected chi connectivity index (χ4v) is 3.54. The highest BCUT2D eigenvalue weighted by molar-refractivity contribution is 7.14. The second kappa shape index (κ2) is 9.84. The van der Waals surface area contributed by atoms with Crippen LogP contribution in [0.3, 0.4) is 0 Å². The number of benzene rings is 3. The number of nitrogens with zero attached hydrogens (tertiary/aromatic N) is 3. The van der Waals surface area contributed by atoms with E-state index in [1.807, 2.05) is 29.6 Å². The smallest absolute Gasteiger partial charge is 0.269 e. The van der Waals surface area contributed by atoms with Gasteiger partial charge in [0.05, 0.1) is 16.8 Å². The summed E-state index contributed by atoms with van der Waals surface area (Å²) >= 11 is 1.41. The molecule has 32 heavy (non-hydrogen) atoms. The molecular weight excluding hydrogens is 424 g/mol. The molecule has 0 amide bonds. The van der Waals surface area contributed by atoms with Gasteiger partial charge in [-0.1, -0.05) is 29.8 Å². The van der Waals surface area contributed by atoms with Gasteiger partial charge in [-0.2, -0.15) is 5.10 Å². The van der Waals surface area contributed by atoms with Crippen molar-refractivity contribution in [2.45, 2.75) is 13.5 Å². The summed E-state index contributed by atoms with van der Waals surface area (Å²) in [5.74, 6) is 0.795. The molecule has 0 radical (unpaired) electrons. The highest BCUT2D eigenvalue weighted by Crippen LogP contribution is 2.26. The van der Waals surface area contributed by atoms with Crippen molar-refractivity contribution in [2.24, 2.45) is 5.10 Å². The minimum Gasteiger partial charge on any atom is -0.489 e. The quantitative estimate of drug-likeness (QED) is 0.203. The molecule has 0 unspecified atom stereocenters. The summed E-state index contributed by atoms with van der Waals surface area (Å²) in [4.78, 5) is 14.8. The number of anilines is 1. The first-order chi connectivity index (χ1) is 15.6. The molecule has 0 aliphatic heterocycles. The number of ether oxygens (including phenoxy) is 1. The molecule has 0 atom stereocenters. The highest BCUT2D eigenvalue weighted by atomic mass is 32.1. The van der Waals surface area contributed by atoms with Crippen molar-refractivity contribution in [1.82, 2.24) is 4.98 Å². The zero-order valence-electron chi connectivity index (χ0n) is 17.3. The van der Waals surface area contributed by atoms with E-state index in [1.165, 1.54) is 29.0 Å². The minimum atomic E-state index is -0.421. The van der Waals surface area contributed by atoms with E-state index in [2.05, 4.69) is 46.7 Å². The van der Waals surface area contributed by atoms with Crippen LogP contribution in [0.5, 0.6) is 5.75 Å². The Kier molecular flexibility index (Phi) is 6.52. The number of non-ortho nitro benzene ring substituents is 1. The third-order valence-corrected chi connectivity index (χ3v) is 5.41. The van der Waals surface area contributed by atoms with Gasteiger partial charge in [0.1, 0.15) is 12.4 Å². The summed E-state index contributed by atoms with van der Waals surface area (Å²) in [6.45, 7) is 2.59. The predicted molar refractivity (Wildman–Crippen MR) is 127 cm³/mol. The Morgan fingerprint density at radius 2 is 1.78 bits per heavy atom. The summed E-state index contributed by atoms with van der Waals surface area (Å²) in [5, 5.41) is 17.5. The number of nitro groups is 1. The summed E-state index contributed by atoms with van der Waals surface area (Å²) in [6, 6.07) is 22.2. The van der Waals surface area contributed by atoms with Gasteiger partial charge in [0.15, 0.2) is 0 Å². The van der Waals surface area contributed by atoms with E-state index in [4.69, 9.17) is 4.74 Å². The number of hydrogen-bond acceptors (Lipinski definition) is 7. The number of thiazole rings is 1. The number of hydrogen-bond donors (Lipinski definition) is 1. The number of nitrogens with one attached hydrogen (secondary N) is 1.